The van der Waals surface area contributed by atoms with Crippen LogP contribution in [0.1, 0.15) is 17.3 Å². The maximum Gasteiger partial charge on any atom is 0.336 e. The van der Waals surface area contributed by atoms with Gasteiger partial charge in [0.2, 0.25) is 0 Å². The number of ketones is 1. The molecule has 0 radical (unpaired) electrons. The van der Waals surface area contributed by atoms with Gasteiger partial charge in [-0.05, 0) is 12.1 Å². The molecule has 0 saturated carbocycles. The number of hydrogen-bond donors (Lipinski definition) is 0. The minimum absolute atomic E-state index is 0.0186. The average Bonchev–Trinajstić information content (AvgIpc) is 2.16. The van der Waals surface area contributed by atoms with Crippen LogP contribution in [-0.4, -0.2) is 21.3 Å². The second-order valence-corrected chi connectivity index (χ2v) is 2.71. The topological polar surface area (TPSA) is 66.4 Å². The first-order valence-electron chi connectivity index (χ1n) is 3.50. The Hall–Kier alpha value is -1.51. The lowest BCUT2D eigenvalue weighted by Gasteiger charge is -1.95. The van der Waals surface area contributed by atoms with Crippen molar-refractivity contribution >= 4 is 23.1 Å². The van der Waals surface area contributed by atoms with Crippen molar-refractivity contribution in [1.29, 1.82) is 0 Å². The van der Waals surface area contributed by atoms with E-state index in [0.717, 1.165) is 0 Å². The quantitative estimate of drug-likeness (QED) is 0.237. The summed E-state index contributed by atoms with van der Waals surface area (Å²) in [6, 6.07) is 3.11. The Morgan fingerprint density at radius 3 is 2.92 bits per heavy atom. The molecule has 1 aromatic rings. The predicted molar refractivity (Wildman–Crippen MR) is 47.9 cm³/mol. The normalized spacial score (nSPS) is 9.08. The Labute approximate surface area is 79.8 Å². The standard InChI is InChI=1S/C8H6ClN3O/c1-5(12-10)7(13)6-3-2-4-11-8(6)9/h2-4H,1H3. The van der Waals surface area contributed by atoms with Crippen molar-refractivity contribution in [3.8, 4) is 0 Å². The zero-order valence-corrected chi connectivity index (χ0v) is 7.62. The molecule has 0 amide bonds. The van der Waals surface area contributed by atoms with Crippen LogP contribution in [0.3, 0.4) is 0 Å². The van der Waals surface area contributed by atoms with E-state index >= 15 is 0 Å². The molecule has 1 heterocycles. The van der Waals surface area contributed by atoms with Crippen molar-refractivity contribution in [2.45, 2.75) is 6.92 Å². The molecule has 0 aliphatic carbocycles. The van der Waals surface area contributed by atoms with E-state index in [1.54, 1.807) is 6.07 Å². The van der Waals surface area contributed by atoms with Crippen LogP contribution >= 0.6 is 11.6 Å². The molecule has 0 aliphatic heterocycles. The van der Waals surface area contributed by atoms with E-state index in [4.69, 9.17) is 17.1 Å². The number of nitrogens with zero attached hydrogens (tertiary/aromatic N) is 3. The summed E-state index contributed by atoms with van der Waals surface area (Å²) in [5.41, 5.74) is 8.58. The average molecular weight is 196 g/mol. The first-order valence-corrected chi connectivity index (χ1v) is 3.88. The highest BCUT2D eigenvalue weighted by Gasteiger charge is 2.19. The van der Waals surface area contributed by atoms with Gasteiger partial charge in [0.05, 0.1) is 5.56 Å². The zero-order valence-electron chi connectivity index (χ0n) is 6.86. The summed E-state index contributed by atoms with van der Waals surface area (Å²) in [6.45, 7) is 1.39. The minimum Gasteiger partial charge on any atom is -0.361 e. The van der Waals surface area contributed by atoms with Gasteiger partial charge >= 0.3 is 5.71 Å². The van der Waals surface area contributed by atoms with Gasteiger partial charge in [-0.15, -0.1) is 0 Å². The highest BCUT2D eigenvalue weighted by atomic mass is 35.5. The Morgan fingerprint density at radius 1 is 1.69 bits per heavy atom. The number of pyridine rings is 1. The van der Waals surface area contributed by atoms with E-state index in [9.17, 15) is 4.79 Å². The van der Waals surface area contributed by atoms with Crippen LogP contribution in [0.25, 0.3) is 5.53 Å². The lowest BCUT2D eigenvalue weighted by atomic mass is 10.1. The van der Waals surface area contributed by atoms with E-state index < -0.39 is 5.78 Å². The third kappa shape index (κ3) is 1.99. The molecule has 0 N–H and O–H groups in total. The molecule has 1 rings (SSSR count). The molecule has 0 saturated heterocycles. The fourth-order valence-corrected chi connectivity index (χ4v) is 1.00. The Kier molecular flexibility index (Phi) is 2.90. The van der Waals surface area contributed by atoms with Crippen molar-refractivity contribution in [3.63, 3.8) is 0 Å². The molecule has 0 fully saturated rings. The van der Waals surface area contributed by atoms with Crippen LogP contribution in [0.4, 0.5) is 0 Å². The van der Waals surface area contributed by atoms with Gasteiger partial charge in [0.1, 0.15) is 5.15 Å². The summed E-state index contributed by atoms with van der Waals surface area (Å²) >= 11 is 5.65. The SMILES string of the molecule is CC(=[N+]=[N-])C(=O)c1cccnc1Cl. The second-order valence-electron chi connectivity index (χ2n) is 2.36. The monoisotopic (exact) mass is 195 g/mol. The number of aromatic nitrogens is 1. The predicted octanol–water partition coefficient (Wildman–Crippen LogP) is 1.61. The number of halogens is 1. The third-order valence-corrected chi connectivity index (χ3v) is 1.78. The molecule has 0 aliphatic rings. The lowest BCUT2D eigenvalue weighted by Crippen LogP contribution is -2.12. The highest BCUT2D eigenvalue weighted by Crippen LogP contribution is 2.12. The molecule has 0 unspecified atom stereocenters. The Morgan fingerprint density at radius 2 is 2.38 bits per heavy atom. The van der Waals surface area contributed by atoms with E-state index in [1.165, 1.54) is 19.2 Å². The largest absolute Gasteiger partial charge is 0.361 e. The summed E-state index contributed by atoms with van der Waals surface area (Å²) in [7, 11) is 0. The molecule has 0 bridgehead atoms. The summed E-state index contributed by atoms with van der Waals surface area (Å²) < 4.78 is 0. The van der Waals surface area contributed by atoms with Crippen LogP contribution in [-0.2, 0) is 0 Å². The van der Waals surface area contributed by atoms with Gasteiger partial charge < -0.3 is 5.53 Å². The van der Waals surface area contributed by atoms with E-state index in [2.05, 4.69) is 9.77 Å². The number of Topliss-reactive ketones (excluding diaryl/α,β-unsaturated/α-hetero) is 1. The van der Waals surface area contributed by atoms with Crippen LogP contribution in [0.5, 0.6) is 0 Å². The van der Waals surface area contributed by atoms with Crippen molar-refractivity contribution in [2.24, 2.45) is 0 Å². The molecule has 0 spiro atoms. The van der Waals surface area contributed by atoms with Crippen LogP contribution in [0.2, 0.25) is 5.15 Å². The summed E-state index contributed by atoms with van der Waals surface area (Å²) in [5, 5.41) is 0.107. The van der Waals surface area contributed by atoms with Crippen molar-refractivity contribution < 1.29 is 9.58 Å². The van der Waals surface area contributed by atoms with Gasteiger partial charge in [-0.3, -0.25) is 4.79 Å². The molecular formula is C8H6ClN3O. The lowest BCUT2D eigenvalue weighted by molar-refractivity contribution is -0.00678. The summed E-state index contributed by atoms with van der Waals surface area (Å²) in [6.07, 6.45) is 1.48. The maximum atomic E-state index is 11.4. The molecule has 0 aromatic carbocycles. The zero-order chi connectivity index (χ0) is 9.84. The minimum atomic E-state index is -0.430. The van der Waals surface area contributed by atoms with Gasteiger partial charge in [0.25, 0.3) is 5.78 Å². The summed E-state index contributed by atoms with van der Waals surface area (Å²) in [4.78, 5) is 17.9. The van der Waals surface area contributed by atoms with Gasteiger partial charge in [0, 0.05) is 13.1 Å². The molecule has 4 nitrogen and oxygen atoms in total. The van der Waals surface area contributed by atoms with Crippen LogP contribution in [0.15, 0.2) is 18.3 Å². The maximum absolute atomic E-state index is 11.4. The van der Waals surface area contributed by atoms with Crippen LogP contribution < -0.4 is 0 Å². The number of carbonyl (C=O) groups is 1. The smallest absolute Gasteiger partial charge is 0.336 e. The van der Waals surface area contributed by atoms with Crippen molar-refractivity contribution in [3.05, 3.63) is 34.6 Å². The molecule has 0 atom stereocenters. The molecule has 66 valence electrons. The summed E-state index contributed by atoms with van der Waals surface area (Å²) in [5.74, 6) is -0.430. The first kappa shape index (κ1) is 9.58. The van der Waals surface area contributed by atoms with Gasteiger partial charge in [-0.2, -0.15) is 4.79 Å². The van der Waals surface area contributed by atoms with E-state index in [0.29, 0.717) is 0 Å². The van der Waals surface area contributed by atoms with Gasteiger partial charge in [0.15, 0.2) is 0 Å². The van der Waals surface area contributed by atoms with Gasteiger partial charge in [-0.25, -0.2) is 4.98 Å². The molecule has 1 aromatic heterocycles. The Bertz CT molecular complexity index is 396. The fourth-order valence-electron chi connectivity index (χ4n) is 0.796. The fraction of sp³-hybridized carbons (Fsp3) is 0.125. The van der Waals surface area contributed by atoms with E-state index in [-0.39, 0.29) is 16.4 Å². The van der Waals surface area contributed by atoms with Crippen LogP contribution in [0, 0.1) is 0 Å². The van der Waals surface area contributed by atoms with Crippen molar-refractivity contribution in [2.75, 3.05) is 0 Å². The number of hydrogen-bond acceptors (Lipinski definition) is 2. The van der Waals surface area contributed by atoms with Gasteiger partial charge in [-0.1, -0.05) is 11.6 Å². The second kappa shape index (κ2) is 3.94. The highest BCUT2D eigenvalue weighted by molar-refractivity contribution is 6.46. The van der Waals surface area contributed by atoms with E-state index in [1.807, 2.05) is 0 Å². The number of rotatable bonds is 2. The number of carbonyl (C=O) groups excluding carboxylic acids is 1. The molecular weight excluding hydrogens is 190 g/mol. The molecule has 5 heteroatoms. The third-order valence-electron chi connectivity index (χ3n) is 1.48. The Balaban J connectivity index is 3.17. The molecule has 13 heavy (non-hydrogen) atoms. The first-order chi connectivity index (χ1) is 6.16. The van der Waals surface area contributed by atoms with Crippen molar-refractivity contribution in [1.82, 2.24) is 4.98 Å².